The Hall–Kier alpha value is -3.53. The Morgan fingerprint density at radius 1 is 0.900 bits per heavy atom. The van der Waals surface area contributed by atoms with Crippen LogP contribution in [0.2, 0.25) is 0 Å². The van der Waals surface area contributed by atoms with Gasteiger partial charge in [0, 0.05) is 16.6 Å². The quantitative estimate of drug-likeness (QED) is 0.413. The molecule has 0 unspecified atom stereocenters. The Morgan fingerprint density at radius 2 is 1.57 bits per heavy atom. The van der Waals surface area contributed by atoms with Gasteiger partial charge in [-0.15, -0.1) is 0 Å². The standard InChI is InChI=1S/C26H25NO3/c1-26(2,3)21-14-8-9-15-22(21)27-25(28)24-20(17-29-18-11-5-4-6-12-18)19-13-7-10-16-23(19)30-24/h4-16H,17H2,1-3H3,(H,27,28). The molecular formula is C26H25NO3. The van der Waals surface area contributed by atoms with E-state index < -0.39 is 0 Å². The fourth-order valence-electron chi connectivity index (χ4n) is 3.52. The van der Waals surface area contributed by atoms with Gasteiger partial charge < -0.3 is 14.5 Å². The fraction of sp³-hybridized carbons (Fsp3) is 0.192. The second kappa shape index (κ2) is 8.07. The van der Waals surface area contributed by atoms with Crippen LogP contribution in [0, 0.1) is 0 Å². The topological polar surface area (TPSA) is 51.5 Å². The summed E-state index contributed by atoms with van der Waals surface area (Å²) >= 11 is 0. The number of rotatable bonds is 5. The molecule has 1 N–H and O–H groups in total. The van der Waals surface area contributed by atoms with Crippen LogP contribution in [0.1, 0.15) is 42.5 Å². The van der Waals surface area contributed by atoms with Gasteiger partial charge in [0.05, 0.1) is 0 Å². The fourth-order valence-corrected chi connectivity index (χ4v) is 3.52. The van der Waals surface area contributed by atoms with Crippen LogP contribution in [-0.2, 0) is 12.0 Å². The van der Waals surface area contributed by atoms with Gasteiger partial charge in [-0.05, 0) is 35.2 Å². The van der Waals surface area contributed by atoms with Crippen molar-refractivity contribution >= 4 is 22.6 Å². The predicted octanol–water partition coefficient (Wildman–Crippen LogP) is 6.56. The summed E-state index contributed by atoms with van der Waals surface area (Å²) in [5, 5.41) is 3.92. The second-order valence-electron chi connectivity index (χ2n) is 8.26. The molecule has 0 atom stereocenters. The molecule has 0 aliphatic rings. The summed E-state index contributed by atoms with van der Waals surface area (Å²) in [4.78, 5) is 13.2. The lowest BCUT2D eigenvalue weighted by molar-refractivity contribution is 0.0995. The number of benzene rings is 3. The summed E-state index contributed by atoms with van der Waals surface area (Å²) in [5.41, 5.74) is 3.15. The molecule has 0 spiro atoms. The third kappa shape index (κ3) is 4.08. The van der Waals surface area contributed by atoms with Crippen molar-refractivity contribution < 1.29 is 13.9 Å². The van der Waals surface area contributed by atoms with E-state index in [1.54, 1.807) is 0 Å². The van der Waals surface area contributed by atoms with Crippen LogP contribution in [0.15, 0.2) is 83.3 Å². The molecule has 1 amide bonds. The Bertz CT molecular complexity index is 1170. The number of hydrogen-bond donors (Lipinski definition) is 1. The van der Waals surface area contributed by atoms with Crippen LogP contribution in [-0.4, -0.2) is 5.91 Å². The van der Waals surface area contributed by atoms with Gasteiger partial charge in [-0.2, -0.15) is 0 Å². The molecule has 1 aromatic heterocycles. The number of furan rings is 1. The SMILES string of the molecule is CC(C)(C)c1ccccc1NC(=O)c1oc2ccccc2c1COc1ccccc1. The average molecular weight is 399 g/mol. The van der Waals surface area contributed by atoms with E-state index in [9.17, 15) is 4.79 Å². The van der Waals surface area contributed by atoms with Crippen LogP contribution < -0.4 is 10.1 Å². The van der Waals surface area contributed by atoms with E-state index in [1.807, 2.05) is 78.9 Å². The molecule has 0 aliphatic heterocycles. The van der Waals surface area contributed by atoms with E-state index in [0.29, 0.717) is 5.58 Å². The lowest BCUT2D eigenvalue weighted by Crippen LogP contribution is -2.19. The highest BCUT2D eigenvalue weighted by molar-refractivity contribution is 6.06. The molecule has 0 fully saturated rings. The zero-order valence-electron chi connectivity index (χ0n) is 17.4. The lowest BCUT2D eigenvalue weighted by Gasteiger charge is -2.22. The number of fused-ring (bicyclic) bond motifs is 1. The first-order valence-corrected chi connectivity index (χ1v) is 10.0. The maximum Gasteiger partial charge on any atom is 0.291 e. The van der Waals surface area contributed by atoms with Crippen LogP contribution >= 0.6 is 0 Å². The smallest absolute Gasteiger partial charge is 0.291 e. The van der Waals surface area contributed by atoms with Crippen LogP contribution in [0.4, 0.5) is 5.69 Å². The van der Waals surface area contributed by atoms with Gasteiger partial charge in [0.25, 0.3) is 5.91 Å². The summed E-state index contributed by atoms with van der Waals surface area (Å²) < 4.78 is 11.9. The summed E-state index contributed by atoms with van der Waals surface area (Å²) in [7, 11) is 0. The van der Waals surface area contributed by atoms with E-state index in [-0.39, 0.29) is 23.7 Å². The Morgan fingerprint density at radius 3 is 2.33 bits per heavy atom. The highest BCUT2D eigenvalue weighted by Gasteiger charge is 2.24. The van der Waals surface area contributed by atoms with Crippen LogP contribution in [0.5, 0.6) is 5.75 Å². The number of para-hydroxylation sites is 3. The van der Waals surface area contributed by atoms with Crippen molar-refractivity contribution in [2.45, 2.75) is 32.8 Å². The number of anilines is 1. The van der Waals surface area contributed by atoms with Crippen molar-refractivity contribution in [3.05, 3.63) is 95.7 Å². The average Bonchev–Trinajstić information content (AvgIpc) is 3.11. The van der Waals surface area contributed by atoms with E-state index in [4.69, 9.17) is 9.15 Å². The number of ether oxygens (including phenoxy) is 1. The van der Waals surface area contributed by atoms with Gasteiger partial charge >= 0.3 is 0 Å². The summed E-state index contributed by atoms with van der Waals surface area (Å²) in [6.07, 6.45) is 0. The molecule has 0 saturated carbocycles. The van der Waals surface area contributed by atoms with Gasteiger partial charge in [0.2, 0.25) is 0 Å². The predicted molar refractivity (Wildman–Crippen MR) is 120 cm³/mol. The van der Waals surface area contributed by atoms with Crippen molar-refractivity contribution in [1.82, 2.24) is 0 Å². The lowest BCUT2D eigenvalue weighted by atomic mass is 9.86. The molecular weight excluding hydrogens is 374 g/mol. The molecule has 0 radical (unpaired) electrons. The Labute approximate surface area is 176 Å². The second-order valence-corrected chi connectivity index (χ2v) is 8.26. The largest absolute Gasteiger partial charge is 0.489 e. The summed E-state index contributed by atoms with van der Waals surface area (Å²) in [5.74, 6) is 0.734. The zero-order valence-corrected chi connectivity index (χ0v) is 17.4. The maximum atomic E-state index is 13.2. The normalized spacial score (nSPS) is 11.4. The highest BCUT2D eigenvalue weighted by atomic mass is 16.5. The number of carbonyl (C=O) groups excluding carboxylic acids is 1. The monoisotopic (exact) mass is 399 g/mol. The maximum absolute atomic E-state index is 13.2. The molecule has 4 rings (SSSR count). The van der Waals surface area contributed by atoms with E-state index in [2.05, 4.69) is 26.1 Å². The molecule has 4 nitrogen and oxygen atoms in total. The molecule has 30 heavy (non-hydrogen) atoms. The van der Waals surface area contributed by atoms with Gasteiger partial charge in [-0.25, -0.2) is 0 Å². The van der Waals surface area contributed by atoms with Crippen LogP contribution in [0.3, 0.4) is 0 Å². The Balaban J connectivity index is 1.68. The number of carbonyl (C=O) groups is 1. The number of amides is 1. The number of hydrogen-bond acceptors (Lipinski definition) is 3. The van der Waals surface area contributed by atoms with Crippen molar-refractivity contribution in [1.29, 1.82) is 0 Å². The highest BCUT2D eigenvalue weighted by Crippen LogP contribution is 2.31. The molecule has 3 aromatic carbocycles. The summed E-state index contributed by atoms with van der Waals surface area (Å²) in [6.45, 7) is 6.61. The first-order chi connectivity index (χ1) is 14.4. The van der Waals surface area contributed by atoms with E-state index in [1.165, 1.54) is 0 Å². The van der Waals surface area contributed by atoms with Gasteiger partial charge in [-0.3, -0.25) is 4.79 Å². The molecule has 0 aliphatic carbocycles. The molecule has 0 bridgehead atoms. The molecule has 152 valence electrons. The third-order valence-electron chi connectivity index (χ3n) is 5.01. The molecule has 4 aromatic rings. The minimum atomic E-state index is -0.283. The van der Waals surface area contributed by atoms with Gasteiger partial charge in [0.15, 0.2) is 5.76 Å². The number of nitrogens with one attached hydrogen (secondary N) is 1. The first kappa shape index (κ1) is 19.8. The minimum Gasteiger partial charge on any atom is -0.489 e. The van der Waals surface area contributed by atoms with E-state index in [0.717, 1.165) is 28.0 Å². The van der Waals surface area contributed by atoms with Gasteiger partial charge in [0.1, 0.15) is 17.9 Å². The van der Waals surface area contributed by atoms with Crippen molar-refractivity contribution in [2.24, 2.45) is 0 Å². The van der Waals surface area contributed by atoms with Crippen LogP contribution in [0.25, 0.3) is 11.0 Å². The van der Waals surface area contributed by atoms with E-state index >= 15 is 0 Å². The molecule has 1 heterocycles. The minimum absolute atomic E-state index is 0.100. The first-order valence-electron chi connectivity index (χ1n) is 10.0. The molecule has 0 saturated heterocycles. The van der Waals surface area contributed by atoms with Crippen molar-refractivity contribution in [2.75, 3.05) is 5.32 Å². The van der Waals surface area contributed by atoms with Crippen molar-refractivity contribution in [3.63, 3.8) is 0 Å². The van der Waals surface area contributed by atoms with Gasteiger partial charge in [-0.1, -0.05) is 75.4 Å². The Kier molecular flexibility index (Phi) is 5.32. The summed E-state index contributed by atoms with van der Waals surface area (Å²) in [6, 6.07) is 25.0. The van der Waals surface area contributed by atoms with Crippen molar-refractivity contribution in [3.8, 4) is 5.75 Å². The third-order valence-corrected chi connectivity index (χ3v) is 5.01. The zero-order chi connectivity index (χ0) is 21.1. The molecule has 4 heteroatoms.